The average molecular weight is 209 g/mol. The van der Waals surface area contributed by atoms with E-state index in [-0.39, 0.29) is 11.7 Å². The third-order valence-corrected chi connectivity index (χ3v) is 1.81. The summed E-state index contributed by atoms with van der Waals surface area (Å²) in [4.78, 5) is 11.0. The first kappa shape index (κ1) is 11.4. The summed E-state index contributed by atoms with van der Waals surface area (Å²) in [6.45, 7) is 2.69. The van der Waals surface area contributed by atoms with E-state index in [9.17, 15) is 9.90 Å². The van der Waals surface area contributed by atoms with Crippen molar-refractivity contribution in [3.05, 3.63) is 24.3 Å². The molecular formula is C11H15NO3. The third-order valence-electron chi connectivity index (χ3n) is 1.81. The summed E-state index contributed by atoms with van der Waals surface area (Å²) in [5.74, 6) is -0.0127. The number of esters is 1. The van der Waals surface area contributed by atoms with E-state index >= 15 is 0 Å². The maximum absolute atomic E-state index is 11.0. The first-order chi connectivity index (χ1) is 7.22. The Labute approximate surface area is 88.9 Å². The van der Waals surface area contributed by atoms with Gasteiger partial charge in [0.2, 0.25) is 0 Å². The molecule has 0 saturated carbocycles. The second-order valence-corrected chi connectivity index (χ2v) is 3.03. The summed E-state index contributed by atoms with van der Waals surface area (Å²) < 4.78 is 4.78. The minimum atomic E-state index is -0.217. The van der Waals surface area contributed by atoms with Gasteiger partial charge in [0.05, 0.1) is 13.0 Å². The molecular weight excluding hydrogens is 194 g/mol. The topological polar surface area (TPSA) is 58.6 Å². The number of anilines is 1. The molecule has 2 N–H and O–H groups in total. The first-order valence-corrected chi connectivity index (χ1v) is 4.91. The predicted octanol–water partition coefficient (Wildman–Crippen LogP) is 1.76. The second-order valence-electron chi connectivity index (χ2n) is 3.03. The normalized spacial score (nSPS) is 9.67. The Morgan fingerprint density at radius 2 is 2.33 bits per heavy atom. The number of aromatic hydroxyl groups is 1. The fourth-order valence-corrected chi connectivity index (χ4v) is 1.16. The van der Waals surface area contributed by atoms with Gasteiger partial charge in [-0.05, 0) is 19.1 Å². The number of rotatable bonds is 5. The summed E-state index contributed by atoms with van der Waals surface area (Å²) in [5.41, 5.74) is 0.791. The Hall–Kier alpha value is -1.71. The van der Waals surface area contributed by atoms with Gasteiger partial charge in [0.15, 0.2) is 0 Å². The van der Waals surface area contributed by atoms with Crippen LogP contribution in [-0.2, 0) is 9.53 Å². The van der Waals surface area contributed by atoms with Crippen LogP contribution in [0.1, 0.15) is 13.3 Å². The molecule has 82 valence electrons. The van der Waals surface area contributed by atoms with Crippen LogP contribution in [0.15, 0.2) is 24.3 Å². The van der Waals surface area contributed by atoms with Gasteiger partial charge < -0.3 is 15.2 Å². The van der Waals surface area contributed by atoms with E-state index in [1.807, 2.05) is 6.07 Å². The molecule has 0 bridgehead atoms. The molecule has 0 aliphatic rings. The van der Waals surface area contributed by atoms with Crippen LogP contribution in [0.2, 0.25) is 0 Å². The lowest BCUT2D eigenvalue weighted by atomic mass is 10.3. The third kappa shape index (κ3) is 4.35. The molecule has 4 nitrogen and oxygen atoms in total. The largest absolute Gasteiger partial charge is 0.508 e. The zero-order valence-electron chi connectivity index (χ0n) is 8.69. The molecule has 0 aliphatic heterocycles. The van der Waals surface area contributed by atoms with Gasteiger partial charge >= 0.3 is 5.97 Å². The highest BCUT2D eigenvalue weighted by Gasteiger charge is 2.00. The highest BCUT2D eigenvalue weighted by molar-refractivity contribution is 5.70. The minimum absolute atomic E-state index is 0.205. The van der Waals surface area contributed by atoms with Crippen molar-refractivity contribution >= 4 is 11.7 Å². The first-order valence-electron chi connectivity index (χ1n) is 4.91. The van der Waals surface area contributed by atoms with E-state index in [1.165, 1.54) is 0 Å². The Kier molecular flexibility index (Phi) is 4.47. The van der Waals surface area contributed by atoms with Crippen LogP contribution in [0.25, 0.3) is 0 Å². The Bertz CT molecular complexity index is 325. The van der Waals surface area contributed by atoms with Gasteiger partial charge in [0, 0.05) is 18.3 Å². The van der Waals surface area contributed by atoms with Crippen LogP contribution in [0.3, 0.4) is 0 Å². The summed E-state index contributed by atoms with van der Waals surface area (Å²) in [5, 5.41) is 12.2. The fourth-order valence-electron chi connectivity index (χ4n) is 1.16. The van der Waals surface area contributed by atoms with Crippen LogP contribution in [-0.4, -0.2) is 24.2 Å². The number of phenolic OH excluding ortho intramolecular Hbond substituents is 1. The van der Waals surface area contributed by atoms with Gasteiger partial charge in [0.1, 0.15) is 5.75 Å². The number of nitrogens with one attached hydrogen (secondary N) is 1. The summed E-state index contributed by atoms with van der Waals surface area (Å²) in [6, 6.07) is 6.76. The van der Waals surface area contributed by atoms with Crippen molar-refractivity contribution in [2.45, 2.75) is 13.3 Å². The predicted molar refractivity (Wildman–Crippen MR) is 57.8 cm³/mol. The number of hydrogen-bond donors (Lipinski definition) is 2. The van der Waals surface area contributed by atoms with Crippen molar-refractivity contribution in [3.8, 4) is 5.75 Å². The molecule has 1 aromatic carbocycles. The molecule has 0 saturated heterocycles. The maximum Gasteiger partial charge on any atom is 0.307 e. The number of hydrogen-bond acceptors (Lipinski definition) is 4. The van der Waals surface area contributed by atoms with E-state index in [0.29, 0.717) is 19.6 Å². The van der Waals surface area contributed by atoms with Crippen LogP contribution >= 0.6 is 0 Å². The van der Waals surface area contributed by atoms with Crippen molar-refractivity contribution < 1.29 is 14.6 Å². The Morgan fingerprint density at radius 3 is 3.00 bits per heavy atom. The van der Waals surface area contributed by atoms with E-state index in [1.54, 1.807) is 25.1 Å². The molecule has 0 unspecified atom stereocenters. The molecule has 15 heavy (non-hydrogen) atoms. The zero-order valence-corrected chi connectivity index (χ0v) is 8.69. The Balaban J connectivity index is 2.28. The zero-order chi connectivity index (χ0) is 11.1. The number of carbonyl (C=O) groups is 1. The quantitative estimate of drug-likeness (QED) is 0.725. The van der Waals surface area contributed by atoms with Crippen LogP contribution in [0.4, 0.5) is 5.69 Å². The SMILES string of the molecule is CCOC(=O)CCNc1cccc(O)c1. The van der Waals surface area contributed by atoms with E-state index in [0.717, 1.165) is 5.69 Å². The van der Waals surface area contributed by atoms with Gasteiger partial charge in [-0.1, -0.05) is 6.07 Å². The smallest absolute Gasteiger partial charge is 0.307 e. The molecule has 1 rings (SSSR count). The van der Waals surface area contributed by atoms with Crippen molar-refractivity contribution in [2.75, 3.05) is 18.5 Å². The summed E-state index contributed by atoms with van der Waals surface area (Å²) >= 11 is 0. The highest BCUT2D eigenvalue weighted by atomic mass is 16.5. The van der Waals surface area contributed by atoms with Gasteiger partial charge in [-0.2, -0.15) is 0 Å². The van der Waals surface area contributed by atoms with Crippen LogP contribution in [0, 0.1) is 0 Å². The van der Waals surface area contributed by atoms with Gasteiger partial charge in [-0.15, -0.1) is 0 Å². The lowest BCUT2D eigenvalue weighted by Gasteiger charge is -2.06. The lowest BCUT2D eigenvalue weighted by molar-refractivity contribution is -0.142. The van der Waals surface area contributed by atoms with E-state index < -0.39 is 0 Å². The number of benzene rings is 1. The van der Waals surface area contributed by atoms with Crippen LogP contribution < -0.4 is 5.32 Å². The summed E-state index contributed by atoms with van der Waals surface area (Å²) in [6.07, 6.45) is 0.323. The van der Waals surface area contributed by atoms with Crippen LogP contribution in [0.5, 0.6) is 5.75 Å². The van der Waals surface area contributed by atoms with Gasteiger partial charge in [0.25, 0.3) is 0 Å². The Morgan fingerprint density at radius 1 is 1.53 bits per heavy atom. The number of phenols is 1. The molecule has 0 aromatic heterocycles. The molecule has 1 aromatic rings. The van der Waals surface area contributed by atoms with Crippen molar-refractivity contribution in [3.63, 3.8) is 0 Å². The van der Waals surface area contributed by atoms with E-state index in [2.05, 4.69) is 5.32 Å². The standard InChI is InChI=1S/C11H15NO3/c1-2-15-11(14)6-7-12-9-4-3-5-10(13)8-9/h3-5,8,12-13H,2,6-7H2,1H3. The molecule has 4 heteroatoms. The highest BCUT2D eigenvalue weighted by Crippen LogP contribution is 2.14. The molecule has 0 heterocycles. The number of carbonyl (C=O) groups excluding carboxylic acids is 1. The van der Waals surface area contributed by atoms with Crippen molar-refractivity contribution in [2.24, 2.45) is 0 Å². The monoisotopic (exact) mass is 209 g/mol. The van der Waals surface area contributed by atoms with Crippen molar-refractivity contribution in [1.82, 2.24) is 0 Å². The average Bonchev–Trinajstić information content (AvgIpc) is 2.18. The molecule has 0 radical (unpaired) electrons. The minimum Gasteiger partial charge on any atom is -0.508 e. The molecule has 0 amide bonds. The fraction of sp³-hybridized carbons (Fsp3) is 0.364. The maximum atomic E-state index is 11.0. The molecule has 0 fully saturated rings. The molecule has 0 spiro atoms. The van der Waals surface area contributed by atoms with Gasteiger partial charge in [-0.3, -0.25) is 4.79 Å². The molecule has 0 aliphatic carbocycles. The molecule has 0 atom stereocenters. The van der Waals surface area contributed by atoms with Gasteiger partial charge in [-0.25, -0.2) is 0 Å². The lowest BCUT2D eigenvalue weighted by Crippen LogP contribution is -2.11. The summed E-state index contributed by atoms with van der Waals surface area (Å²) in [7, 11) is 0. The van der Waals surface area contributed by atoms with Crippen molar-refractivity contribution in [1.29, 1.82) is 0 Å². The number of ether oxygens (including phenoxy) is 1. The second kappa shape index (κ2) is 5.90. The van der Waals surface area contributed by atoms with E-state index in [4.69, 9.17) is 4.74 Å².